The Labute approximate surface area is 128 Å². The highest BCUT2D eigenvalue weighted by atomic mass is 19.1. The van der Waals surface area contributed by atoms with Crippen molar-refractivity contribution in [3.05, 3.63) is 66.0 Å². The molecule has 0 saturated heterocycles. The van der Waals surface area contributed by atoms with Gasteiger partial charge in [0.2, 0.25) is 11.8 Å². The Morgan fingerprint density at radius 3 is 2.36 bits per heavy atom. The molecule has 1 N–H and O–H groups in total. The average Bonchev–Trinajstić information content (AvgIpc) is 2.50. The first kappa shape index (κ1) is 15.7. The van der Waals surface area contributed by atoms with E-state index in [1.165, 1.54) is 23.1 Å². The molecule has 0 bridgehead atoms. The van der Waals surface area contributed by atoms with Crippen molar-refractivity contribution in [2.45, 2.75) is 13.0 Å². The normalized spacial score (nSPS) is 10.1. The van der Waals surface area contributed by atoms with Crippen molar-refractivity contribution in [3.63, 3.8) is 0 Å². The summed E-state index contributed by atoms with van der Waals surface area (Å²) >= 11 is 0. The molecule has 2 aromatic carbocycles. The number of amides is 2. The largest absolute Gasteiger partial charge is 0.341 e. The summed E-state index contributed by atoms with van der Waals surface area (Å²) in [5, 5.41) is 2.40. The van der Waals surface area contributed by atoms with E-state index in [2.05, 4.69) is 5.32 Å². The van der Waals surface area contributed by atoms with Crippen molar-refractivity contribution in [1.29, 1.82) is 0 Å². The highest BCUT2D eigenvalue weighted by molar-refractivity contribution is 6.03. The van der Waals surface area contributed by atoms with E-state index in [0.717, 1.165) is 5.56 Å². The average molecular weight is 300 g/mol. The molecule has 2 amide bonds. The first-order valence-corrected chi connectivity index (χ1v) is 6.88. The van der Waals surface area contributed by atoms with Crippen LogP contribution in [0.2, 0.25) is 0 Å². The Morgan fingerprint density at radius 1 is 1.05 bits per heavy atom. The molecule has 0 aliphatic carbocycles. The Bertz CT molecular complexity index is 659. The van der Waals surface area contributed by atoms with E-state index in [1.807, 2.05) is 30.3 Å². The van der Waals surface area contributed by atoms with Crippen LogP contribution in [0.25, 0.3) is 0 Å². The quantitative estimate of drug-likeness (QED) is 0.863. The van der Waals surface area contributed by atoms with Crippen molar-refractivity contribution in [1.82, 2.24) is 4.90 Å². The van der Waals surface area contributed by atoms with Crippen molar-refractivity contribution < 1.29 is 14.0 Å². The summed E-state index contributed by atoms with van der Waals surface area (Å²) in [5.74, 6) is -1.38. The van der Waals surface area contributed by atoms with Crippen molar-refractivity contribution in [3.8, 4) is 0 Å². The van der Waals surface area contributed by atoms with Crippen LogP contribution in [-0.4, -0.2) is 23.8 Å². The Balaban J connectivity index is 1.88. The molecule has 0 spiro atoms. The zero-order valence-corrected chi connectivity index (χ0v) is 12.3. The van der Waals surface area contributed by atoms with E-state index in [1.54, 1.807) is 13.1 Å². The molecular weight excluding hydrogens is 283 g/mol. The third-order valence-corrected chi connectivity index (χ3v) is 3.15. The van der Waals surface area contributed by atoms with E-state index in [-0.39, 0.29) is 18.0 Å². The van der Waals surface area contributed by atoms with Crippen molar-refractivity contribution >= 4 is 17.5 Å². The van der Waals surface area contributed by atoms with Gasteiger partial charge in [0.15, 0.2) is 0 Å². The third-order valence-electron chi connectivity index (χ3n) is 3.15. The summed E-state index contributed by atoms with van der Waals surface area (Å²) in [4.78, 5) is 25.3. The smallest absolute Gasteiger partial charge is 0.233 e. The molecule has 2 aromatic rings. The zero-order chi connectivity index (χ0) is 15.9. The van der Waals surface area contributed by atoms with E-state index in [0.29, 0.717) is 6.54 Å². The number of nitrogens with one attached hydrogen (secondary N) is 1. The first-order chi connectivity index (χ1) is 10.6. The Kier molecular flexibility index (Phi) is 5.25. The summed E-state index contributed by atoms with van der Waals surface area (Å²) in [7, 11) is 1.63. The highest BCUT2D eigenvalue weighted by Crippen LogP contribution is 2.13. The number of carbonyl (C=O) groups excluding carboxylic acids is 2. The molecule has 2 rings (SSSR count). The number of benzene rings is 2. The van der Waals surface area contributed by atoms with Gasteiger partial charge in [-0.1, -0.05) is 42.5 Å². The van der Waals surface area contributed by atoms with Crippen molar-refractivity contribution in [2.75, 3.05) is 12.4 Å². The first-order valence-electron chi connectivity index (χ1n) is 6.88. The lowest BCUT2D eigenvalue weighted by Crippen LogP contribution is -2.30. The second kappa shape index (κ2) is 7.36. The lowest BCUT2D eigenvalue weighted by Gasteiger charge is -2.17. The topological polar surface area (TPSA) is 49.4 Å². The third kappa shape index (κ3) is 4.41. The molecule has 5 heteroatoms. The van der Waals surface area contributed by atoms with Crippen LogP contribution >= 0.6 is 0 Å². The van der Waals surface area contributed by atoms with Gasteiger partial charge >= 0.3 is 0 Å². The second-order valence-electron chi connectivity index (χ2n) is 4.94. The van der Waals surface area contributed by atoms with Gasteiger partial charge in [0.05, 0.1) is 5.69 Å². The van der Waals surface area contributed by atoms with Crippen LogP contribution in [0, 0.1) is 5.82 Å². The van der Waals surface area contributed by atoms with E-state index >= 15 is 0 Å². The van der Waals surface area contributed by atoms with Crippen LogP contribution in [0.3, 0.4) is 0 Å². The predicted molar refractivity (Wildman–Crippen MR) is 82.6 cm³/mol. The SMILES string of the molecule is CN(Cc1ccccc1)C(=O)CC(=O)Nc1ccccc1F. The molecule has 0 aliphatic heterocycles. The van der Waals surface area contributed by atoms with Gasteiger partial charge in [0, 0.05) is 13.6 Å². The maximum atomic E-state index is 13.4. The Morgan fingerprint density at radius 2 is 1.68 bits per heavy atom. The number of nitrogens with zero attached hydrogens (tertiary/aromatic N) is 1. The van der Waals surface area contributed by atoms with Gasteiger partial charge in [-0.3, -0.25) is 9.59 Å². The van der Waals surface area contributed by atoms with Gasteiger partial charge in [-0.25, -0.2) is 4.39 Å². The van der Waals surface area contributed by atoms with Crippen LogP contribution in [-0.2, 0) is 16.1 Å². The van der Waals surface area contributed by atoms with Gasteiger partial charge < -0.3 is 10.2 Å². The lowest BCUT2D eigenvalue weighted by atomic mass is 10.2. The fraction of sp³-hybridized carbons (Fsp3) is 0.176. The minimum absolute atomic E-state index is 0.0750. The second-order valence-corrected chi connectivity index (χ2v) is 4.94. The van der Waals surface area contributed by atoms with Gasteiger partial charge in [-0.2, -0.15) is 0 Å². The minimum Gasteiger partial charge on any atom is -0.341 e. The van der Waals surface area contributed by atoms with Gasteiger partial charge in [0.1, 0.15) is 12.2 Å². The van der Waals surface area contributed by atoms with E-state index in [4.69, 9.17) is 0 Å². The standard InChI is InChI=1S/C17H17FN2O2/c1-20(12-13-7-3-2-4-8-13)17(22)11-16(21)19-15-10-6-5-9-14(15)18/h2-10H,11-12H2,1H3,(H,19,21). The van der Waals surface area contributed by atoms with E-state index in [9.17, 15) is 14.0 Å². The minimum atomic E-state index is -0.532. The lowest BCUT2D eigenvalue weighted by molar-refractivity contribution is -0.134. The van der Waals surface area contributed by atoms with Crippen LogP contribution in [0.4, 0.5) is 10.1 Å². The molecule has 0 heterocycles. The van der Waals surface area contributed by atoms with Crippen LogP contribution < -0.4 is 5.32 Å². The molecule has 0 fully saturated rings. The molecule has 0 unspecified atom stereocenters. The zero-order valence-electron chi connectivity index (χ0n) is 12.3. The van der Waals surface area contributed by atoms with E-state index < -0.39 is 11.7 Å². The van der Waals surface area contributed by atoms with Crippen LogP contribution in [0.5, 0.6) is 0 Å². The summed E-state index contributed by atoms with van der Waals surface area (Å²) < 4.78 is 13.4. The molecule has 0 aliphatic rings. The summed E-state index contributed by atoms with van der Waals surface area (Å²) in [6, 6.07) is 15.3. The monoisotopic (exact) mass is 300 g/mol. The fourth-order valence-corrected chi connectivity index (χ4v) is 1.97. The summed E-state index contributed by atoms with van der Waals surface area (Å²) in [6.07, 6.45) is -0.322. The summed E-state index contributed by atoms with van der Waals surface area (Å²) in [5.41, 5.74) is 1.05. The molecule has 0 atom stereocenters. The van der Waals surface area contributed by atoms with Crippen LogP contribution in [0.15, 0.2) is 54.6 Å². The maximum Gasteiger partial charge on any atom is 0.233 e. The number of hydrogen-bond donors (Lipinski definition) is 1. The molecular formula is C17H17FN2O2. The molecule has 0 radical (unpaired) electrons. The van der Waals surface area contributed by atoms with Crippen molar-refractivity contribution in [2.24, 2.45) is 0 Å². The number of hydrogen-bond acceptors (Lipinski definition) is 2. The molecule has 22 heavy (non-hydrogen) atoms. The molecule has 4 nitrogen and oxygen atoms in total. The molecule has 0 aromatic heterocycles. The number of carbonyl (C=O) groups is 2. The number of halogens is 1. The van der Waals surface area contributed by atoms with Gasteiger partial charge in [-0.05, 0) is 17.7 Å². The maximum absolute atomic E-state index is 13.4. The summed E-state index contributed by atoms with van der Waals surface area (Å²) in [6.45, 7) is 0.423. The molecule has 114 valence electrons. The van der Waals surface area contributed by atoms with Gasteiger partial charge in [0.25, 0.3) is 0 Å². The van der Waals surface area contributed by atoms with Gasteiger partial charge in [-0.15, -0.1) is 0 Å². The number of anilines is 1. The predicted octanol–water partition coefficient (Wildman–Crippen LogP) is 2.81. The number of rotatable bonds is 5. The number of para-hydroxylation sites is 1. The van der Waals surface area contributed by atoms with Crippen LogP contribution in [0.1, 0.15) is 12.0 Å². The fourth-order valence-electron chi connectivity index (χ4n) is 1.97. The highest BCUT2D eigenvalue weighted by Gasteiger charge is 2.15. The molecule has 0 saturated carbocycles. The Hall–Kier alpha value is -2.69.